The number of halogens is 1. The highest BCUT2D eigenvalue weighted by Crippen LogP contribution is 2.27. The van der Waals surface area contributed by atoms with Crippen LogP contribution < -0.4 is 5.32 Å². The van der Waals surface area contributed by atoms with Crippen LogP contribution in [0.4, 0.5) is 15.8 Å². The van der Waals surface area contributed by atoms with Crippen LogP contribution >= 0.6 is 0 Å². The van der Waals surface area contributed by atoms with Crippen LogP contribution in [0.1, 0.15) is 30.6 Å². The van der Waals surface area contributed by atoms with Gasteiger partial charge in [0.15, 0.2) is 0 Å². The Morgan fingerprint density at radius 2 is 1.73 bits per heavy atom. The fourth-order valence-electron chi connectivity index (χ4n) is 3.66. The molecule has 2 unspecified atom stereocenters. The second-order valence-corrected chi connectivity index (χ2v) is 9.61. The van der Waals surface area contributed by atoms with Crippen molar-refractivity contribution in [3.8, 4) is 0 Å². The Balaban J connectivity index is 1.76. The molecule has 0 aliphatic carbocycles. The van der Waals surface area contributed by atoms with E-state index in [1.807, 2.05) is 13.8 Å². The number of nitrogens with zero attached hydrogens (tertiary/aromatic N) is 2. The maximum absolute atomic E-state index is 13.4. The lowest BCUT2D eigenvalue weighted by Crippen LogP contribution is -2.42. The molecule has 0 radical (unpaired) electrons. The molecule has 2 aromatic rings. The summed E-state index contributed by atoms with van der Waals surface area (Å²) in [6.07, 6.45) is 0.979. The number of nitro groups is 1. The lowest BCUT2D eigenvalue weighted by molar-refractivity contribution is -0.387. The zero-order valence-corrected chi connectivity index (χ0v) is 17.4. The molecule has 1 amide bonds. The summed E-state index contributed by atoms with van der Waals surface area (Å²) in [6, 6.07) is 8.49. The van der Waals surface area contributed by atoms with Gasteiger partial charge in [0.2, 0.25) is 15.8 Å². The number of anilines is 1. The van der Waals surface area contributed by atoms with Crippen LogP contribution in [0.3, 0.4) is 0 Å². The molecular weight excluding hydrogens is 413 g/mol. The fourth-order valence-corrected chi connectivity index (χ4v) is 5.34. The highest BCUT2D eigenvalue weighted by Gasteiger charge is 2.31. The number of carbonyl (C=O) groups is 1. The lowest BCUT2D eigenvalue weighted by atomic mass is 9.94. The van der Waals surface area contributed by atoms with Gasteiger partial charge in [0.25, 0.3) is 5.91 Å². The number of amides is 1. The molecule has 1 saturated heterocycles. The van der Waals surface area contributed by atoms with Gasteiger partial charge < -0.3 is 5.32 Å². The molecule has 0 saturated carbocycles. The number of hydrogen-bond acceptors (Lipinski definition) is 5. The van der Waals surface area contributed by atoms with Gasteiger partial charge in [0.1, 0.15) is 0 Å². The highest BCUT2D eigenvalue weighted by atomic mass is 32.2. The Kier molecular flexibility index (Phi) is 6.18. The molecular formula is C20H22FN3O5S. The summed E-state index contributed by atoms with van der Waals surface area (Å²) >= 11 is 0. The van der Waals surface area contributed by atoms with Gasteiger partial charge in [-0.2, -0.15) is 8.70 Å². The van der Waals surface area contributed by atoms with E-state index in [0.717, 1.165) is 18.6 Å². The Bertz CT molecular complexity index is 1060. The third-order valence-corrected chi connectivity index (χ3v) is 6.84. The Morgan fingerprint density at radius 3 is 2.30 bits per heavy atom. The smallest absolute Gasteiger partial charge is 0.306 e. The van der Waals surface area contributed by atoms with Crippen molar-refractivity contribution in [1.29, 1.82) is 0 Å². The Morgan fingerprint density at radius 1 is 1.13 bits per heavy atom. The first kappa shape index (κ1) is 21.8. The molecule has 10 heteroatoms. The van der Waals surface area contributed by atoms with Gasteiger partial charge in [-0.25, -0.2) is 8.42 Å². The van der Waals surface area contributed by atoms with Gasteiger partial charge >= 0.3 is 5.69 Å². The quantitative estimate of drug-likeness (QED) is 0.569. The van der Waals surface area contributed by atoms with Crippen molar-refractivity contribution in [2.24, 2.45) is 11.8 Å². The summed E-state index contributed by atoms with van der Waals surface area (Å²) in [6.45, 7) is 4.95. The van der Waals surface area contributed by atoms with Gasteiger partial charge in [0.05, 0.1) is 9.82 Å². The van der Waals surface area contributed by atoms with Crippen molar-refractivity contribution >= 4 is 27.3 Å². The van der Waals surface area contributed by atoms with Gasteiger partial charge in [-0.3, -0.25) is 14.9 Å². The van der Waals surface area contributed by atoms with Crippen LogP contribution in [0, 0.1) is 27.8 Å². The summed E-state index contributed by atoms with van der Waals surface area (Å²) in [5, 5.41) is 13.3. The molecule has 0 bridgehead atoms. The number of carbonyl (C=O) groups excluding carboxylic acids is 1. The van der Waals surface area contributed by atoms with Gasteiger partial charge in [0, 0.05) is 30.4 Å². The second-order valence-electron chi connectivity index (χ2n) is 7.67. The number of rotatable bonds is 5. The SMILES string of the molecule is CC1CC(C)CN(S(=O)(=O)c2ccc(C(=O)Nc3ccc(F)c([N+](=O)[O-])c3)cc2)C1. The number of piperidine rings is 1. The van der Waals surface area contributed by atoms with Crippen molar-refractivity contribution in [3.63, 3.8) is 0 Å². The first-order valence-electron chi connectivity index (χ1n) is 9.43. The highest BCUT2D eigenvalue weighted by molar-refractivity contribution is 7.89. The molecule has 3 rings (SSSR count). The van der Waals surface area contributed by atoms with Crippen LogP contribution in [-0.2, 0) is 10.0 Å². The molecule has 1 fully saturated rings. The standard InChI is InChI=1S/C20H22FN3O5S/c1-13-9-14(2)12-23(11-13)30(28,29)17-6-3-15(4-7-17)20(25)22-16-5-8-18(21)19(10-16)24(26)27/h3-8,10,13-14H,9,11-12H2,1-2H3,(H,22,25). The molecule has 2 atom stereocenters. The average molecular weight is 435 g/mol. The molecule has 1 aliphatic heterocycles. The maximum atomic E-state index is 13.4. The number of benzene rings is 2. The monoisotopic (exact) mass is 435 g/mol. The van der Waals surface area contributed by atoms with Crippen LogP contribution in [0.25, 0.3) is 0 Å². The van der Waals surface area contributed by atoms with Gasteiger partial charge in [-0.05, 0) is 54.7 Å². The molecule has 2 aromatic carbocycles. The normalized spacial score (nSPS) is 20.0. The van der Waals surface area contributed by atoms with Crippen LogP contribution in [0.2, 0.25) is 0 Å². The van der Waals surface area contributed by atoms with E-state index in [4.69, 9.17) is 0 Å². The summed E-state index contributed by atoms with van der Waals surface area (Å²) in [4.78, 5) is 22.4. The topological polar surface area (TPSA) is 110 Å². The zero-order valence-electron chi connectivity index (χ0n) is 16.5. The largest absolute Gasteiger partial charge is 0.322 e. The number of nitro benzene ring substituents is 1. The van der Waals surface area contributed by atoms with Crippen molar-refractivity contribution in [3.05, 3.63) is 64.0 Å². The molecule has 8 nitrogen and oxygen atoms in total. The molecule has 30 heavy (non-hydrogen) atoms. The maximum Gasteiger partial charge on any atom is 0.306 e. The first-order valence-corrected chi connectivity index (χ1v) is 10.9. The Labute approximate surface area is 173 Å². The van der Waals surface area contributed by atoms with E-state index in [1.54, 1.807) is 0 Å². The summed E-state index contributed by atoms with van der Waals surface area (Å²) < 4.78 is 40.7. The van der Waals surface area contributed by atoms with Crippen molar-refractivity contribution in [1.82, 2.24) is 4.31 Å². The van der Waals surface area contributed by atoms with Crippen LogP contribution in [0.5, 0.6) is 0 Å². The van der Waals surface area contributed by atoms with Crippen molar-refractivity contribution in [2.45, 2.75) is 25.2 Å². The van der Waals surface area contributed by atoms with Crippen LogP contribution in [-0.4, -0.2) is 36.6 Å². The van der Waals surface area contributed by atoms with E-state index in [0.29, 0.717) is 13.1 Å². The number of nitrogens with one attached hydrogen (secondary N) is 1. The number of hydrogen-bond donors (Lipinski definition) is 1. The van der Waals surface area contributed by atoms with E-state index in [9.17, 15) is 27.7 Å². The average Bonchev–Trinajstić information content (AvgIpc) is 2.68. The summed E-state index contributed by atoms with van der Waals surface area (Å²) in [7, 11) is -3.66. The lowest BCUT2D eigenvalue weighted by Gasteiger charge is -2.34. The molecule has 160 valence electrons. The third-order valence-electron chi connectivity index (χ3n) is 4.99. The Hall–Kier alpha value is -2.85. The van der Waals surface area contributed by atoms with E-state index >= 15 is 0 Å². The molecule has 1 N–H and O–H groups in total. The van der Waals surface area contributed by atoms with E-state index in [2.05, 4.69) is 5.32 Å². The fraction of sp³-hybridized carbons (Fsp3) is 0.350. The van der Waals surface area contributed by atoms with Crippen molar-refractivity contribution < 1.29 is 22.5 Å². The molecule has 0 aromatic heterocycles. The van der Waals surface area contributed by atoms with Crippen LogP contribution in [0.15, 0.2) is 47.4 Å². The first-order chi connectivity index (χ1) is 14.1. The molecule has 1 aliphatic rings. The summed E-state index contributed by atoms with van der Waals surface area (Å²) in [5.74, 6) is -1.06. The van der Waals surface area contributed by atoms with E-state index < -0.39 is 32.4 Å². The van der Waals surface area contributed by atoms with Gasteiger partial charge in [-0.1, -0.05) is 13.8 Å². The summed E-state index contributed by atoms with van der Waals surface area (Å²) in [5.41, 5.74) is -0.526. The van der Waals surface area contributed by atoms with E-state index in [-0.39, 0.29) is 28.0 Å². The minimum atomic E-state index is -3.66. The molecule has 1 heterocycles. The van der Waals surface area contributed by atoms with Crippen molar-refractivity contribution in [2.75, 3.05) is 18.4 Å². The second kappa shape index (κ2) is 8.49. The minimum absolute atomic E-state index is 0.0566. The number of sulfonamides is 1. The molecule has 0 spiro atoms. The minimum Gasteiger partial charge on any atom is -0.322 e. The predicted octanol–water partition coefficient (Wildman–Crippen LogP) is 3.65. The zero-order chi connectivity index (χ0) is 22.1. The predicted molar refractivity (Wildman–Crippen MR) is 109 cm³/mol. The third kappa shape index (κ3) is 4.65. The van der Waals surface area contributed by atoms with E-state index in [1.165, 1.54) is 34.6 Å². The van der Waals surface area contributed by atoms with Gasteiger partial charge in [-0.15, -0.1) is 0 Å².